The van der Waals surface area contributed by atoms with E-state index in [-0.39, 0.29) is 5.91 Å². The van der Waals surface area contributed by atoms with Crippen molar-refractivity contribution in [2.75, 3.05) is 19.6 Å². The van der Waals surface area contributed by atoms with E-state index in [0.717, 1.165) is 48.7 Å². The lowest BCUT2D eigenvalue weighted by Crippen LogP contribution is -2.28. The molecule has 0 bridgehead atoms. The summed E-state index contributed by atoms with van der Waals surface area (Å²) in [6.07, 6.45) is 2.55. The van der Waals surface area contributed by atoms with Crippen LogP contribution < -0.4 is 10.6 Å². The van der Waals surface area contributed by atoms with E-state index in [1.165, 1.54) is 6.42 Å². The van der Waals surface area contributed by atoms with Gasteiger partial charge in [-0.1, -0.05) is 23.2 Å². The molecule has 1 aromatic heterocycles. The SMILES string of the molecule is Cc1nn(-c2ccc(Cl)cc2Cl)c(C)c1CC(=O)NCCC1CCNC1. The van der Waals surface area contributed by atoms with Gasteiger partial charge in [-0.05, 0) is 63.9 Å². The summed E-state index contributed by atoms with van der Waals surface area (Å²) < 4.78 is 1.78. The van der Waals surface area contributed by atoms with Gasteiger partial charge in [-0.25, -0.2) is 4.68 Å². The standard InChI is InChI=1S/C19H24Cl2N4O/c1-12-16(10-19(26)23-8-6-14-5-7-22-11-14)13(2)25(24-12)18-4-3-15(20)9-17(18)21/h3-4,9,14,22H,5-8,10-11H2,1-2H3,(H,23,26). The number of nitrogens with one attached hydrogen (secondary N) is 2. The zero-order valence-corrected chi connectivity index (χ0v) is 16.6. The van der Waals surface area contributed by atoms with Gasteiger partial charge in [0.2, 0.25) is 5.91 Å². The maximum Gasteiger partial charge on any atom is 0.224 e. The molecule has 1 saturated heterocycles. The highest BCUT2D eigenvalue weighted by Crippen LogP contribution is 2.27. The van der Waals surface area contributed by atoms with Crippen LogP contribution in [0.15, 0.2) is 18.2 Å². The van der Waals surface area contributed by atoms with Crippen molar-refractivity contribution in [2.45, 2.75) is 33.1 Å². The topological polar surface area (TPSA) is 59.0 Å². The summed E-state index contributed by atoms with van der Waals surface area (Å²) in [7, 11) is 0. The van der Waals surface area contributed by atoms with Gasteiger partial charge in [0.1, 0.15) is 0 Å². The van der Waals surface area contributed by atoms with E-state index < -0.39 is 0 Å². The Bertz CT molecular complexity index is 797. The Morgan fingerprint density at radius 1 is 1.38 bits per heavy atom. The quantitative estimate of drug-likeness (QED) is 0.788. The van der Waals surface area contributed by atoms with E-state index in [9.17, 15) is 4.79 Å². The molecule has 2 heterocycles. The van der Waals surface area contributed by atoms with Crippen molar-refractivity contribution in [2.24, 2.45) is 5.92 Å². The predicted octanol–water partition coefficient (Wildman–Crippen LogP) is 3.45. The second-order valence-corrected chi connectivity index (χ2v) is 7.67. The summed E-state index contributed by atoms with van der Waals surface area (Å²) in [5.41, 5.74) is 3.46. The third-order valence-corrected chi connectivity index (χ3v) is 5.49. The van der Waals surface area contributed by atoms with E-state index >= 15 is 0 Å². The van der Waals surface area contributed by atoms with E-state index in [4.69, 9.17) is 23.2 Å². The maximum absolute atomic E-state index is 12.3. The number of nitrogens with zero attached hydrogens (tertiary/aromatic N) is 2. The van der Waals surface area contributed by atoms with Crippen LogP contribution in [0.2, 0.25) is 10.0 Å². The Morgan fingerprint density at radius 3 is 2.88 bits per heavy atom. The van der Waals surface area contributed by atoms with Crippen molar-refractivity contribution < 1.29 is 4.79 Å². The van der Waals surface area contributed by atoms with Gasteiger partial charge < -0.3 is 10.6 Å². The summed E-state index contributed by atoms with van der Waals surface area (Å²) in [5.74, 6) is 0.706. The fourth-order valence-corrected chi connectivity index (χ4v) is 3.91. The van der Waals surface area contributed by atoms with E-state index in [1.807, 2.05) is 19.9 Å². The van der Waals surface area contributed by atoms with Crippen LogP contribution >= 0.6 is 23.2 Å². The third-order valence-electron chi connectivity index (χ3n) is 4.95. The summed E-state index contributed by atoms with van der Waals surface area (Å²) in [4.78, 5) is 12.3. The molecule has 7 heteroatoms. The first-order valence-corrected chi connectivity index (χ1v) is 9.69. The normalized spacial score (nSPS) is 16.8. The van der Waals surface area contributed by atoms with Crippen LogP contribution in [-0.2, 0) is 11.2 Å². The highest BCUT2D eigenvalue weighted by Gasteiger charge is 2.18. The number of carbonyl (C=O) groups is 1. The predicted molar refractivity (Wildman–Crippen MR) is 105 cm³/mol. The fraction of sp³-hybridized carbons (Fsp3) is 0.474. The molecule has 1 aliphatic heterocycles. The molecule has 140 valence electrons. The first-order chi connectivity index (χ1) is 12.5. The van der Waals surface area contributed by atoms with Gasteiger partial charge in [0.05, 0.1) is 22.8 Å². The van der Waals surface area contributed by atoms with Crippen LogP contribution in [0.25, 0.3) is 5.69 Å². The number of amides is 1. The average molecular weight is 395 g/mol. The minimum atomic E-state index is 0.0314. The van der Waals surface area contributed by atoms with Crippen molar-refractivity contribution >= 4 is 29.1 Å². The molecule has 2 N–H and O–H groups in total. The van der Waals surface area contributed by atoms with Crippen LogP contribution in [0.3, 0.4) is 0 Å². The van der Waals surface area contributed by atoms with Crippen LogP contribution in [0.5, 0.6) is 0 Å². The van der Waals surface area contributed by atoms with Crippen LogP contribution in [0.4, 0.5) is 0 Å². The number of benzene rings is 1. The molecule has 0 aliphatic carbocycles. The Morgan fingerprint density at radius 2 is 2.19 bits per heavy atom. The molecule has 1 atom stereocenters. The summed E-state index contributed by atoms with van der Waals surface area (Å²) in [5, 5.41) is 12.1. The molecule has 2 aromatic rings. The zero-order chi connectivity index (χ0) is 18.7. The number of rotatable bonds is 6. The average Bonchev–Trinajstić information content (AvgIpc) is 3.19. The van der Waals surface area contributed by atoms with Crippen molar-refractivity contribution in [1.82, 2.24) is 20.4 Å². The molecule has 1 unspecified atom stereocenters. The maximum atomic E-state index is 12.3. The molecule has 26 heavy (non-hydrogen) atoms. The molecule has 0 saturated carbocycles. The Balaban J connectivity index is 1.66. The number of halogens is 2. The van der Waals surface area contributed by atoms with Crippen molar-refractivity contribution in [3.8, 4) is 5.69 Å². The highest BCUT2D eigenvalue weighted by atomic mass is 35.5. The number of aromatic nitrogens is 2. The van der Waals surface area contributed by atoms with Gasteiger partial charge in [0.25, 0.3) is 0 Å². The van der Waals surface area contributed by atoms with Crippen molar-refractivity contribution in [1.29, 1.82) is 0 Å². The molecule has 1 aliphatic rings. The fourth-order valence-electron chi connectivity index (χ4n) is 3.42. The monoisotopic (exact) mass is 394 g/mol. The minimum Gasteiger partial charge on any atom is -0.356 e. The van der Waals surface area contributed by atoms with E-state index in [0.29, 0.717) is 22.4 Å². The largest absolute Gasteiger partial charge is 0.356 e. The Labute approximate surface area is 164 Å². The molecule has 1 amide bonds. The molecule has 5 nitrogen and oxygen atoms in total. The first-order valence-electron chi connectivity index (χ1n) is 8.93. The molecule has 3 rings (SSSR count). The lowest BCUT2D eigenvalue weighted by Gasteiger charge is -2.10. The van der Waals surface area contributed by atoms with Gasteiger partial charge >= 0.3 is 0 Å². The van der Waals surface area contributed by atoms with Gasteiger partial charge in [0.15, 0.2) is 0 Å². The molecular formula is C19H24Cl2N4O. The lowest BCUT2D eigenvalue weighted by atomic mass is 10.1. The summed E-state index contributed by atoms with van der Waals surface area (Å²) in [6.45, 7) is 6.74. The number of aryl methyl sites for hydroxylation is 1. The summed E-state index contributed by atoms with van der Waals surface area (Å²) in [6, 6.07) is 5.31. The Kier molecular flexibility index (Phi) is 6.22. The van der Waals surface area contributed by atoms with E-state index in [2.05, 4.69) is 15.7 Å². The van der Waals surface area contributed by atoms with Gasteiger partial charge in [0, 0.05) is 22.8 Å². The van der Waals surface area contributed by atoms with Crippen molar-refractivity contribution in [3.05, 3.63) is 45.2 Å². The molecule has 0 spiro atoms. The summed E-state index contributed by atoms with van der Waals surface area (Å²) >= 11 is 12.3. The minimum absolute atomic E-state index is 0.0314. The number of carbonyl (C=O) groups excluding carboxylic acids is 1. The van der Waals surface area contributed by atoms with Crippen LogP contribution in [0, 0.1) is 19.8 Å². The Hall–Kier alpha value is -1.56. The molecule has 1 fully saturated rings. The molecular weight excluding hydrogens is 371 g/mol. The van der Waals surface area contributed by atoms with Crippen molar-refractivity contribution in [3.63, 3.8) is 0 Å². The zero-order valence-electron chi connectivity index (χ0n) is 15.1. The second kappa shape index (κ2) is 8.42. The second-order valence-electron chi connectivity index (χ2n) is 6.83. The van der Waals surface area contributed by atoms with Crippen LogP contribution in [0.1, 0.15) is 29.8 Å². The molecule has 1 aromatic carbocycles. The van der Waals surface area contributed by atoms with Crippen LogP contribution in [-0.4, -0.2) is 35.3 Å². The third kappa shape index (κ3) is 4.40. The smallest absolute Gasteiger partial charge is 0.224 e. The van der Waals surface area contributed by atoms with Gasteiger partial charge in [-0.3, -0.25) is 4.79 Å². The molecule has 0 radical (unpaired) electrons. The number of hydrogen-bond acceptors (Lipinski definition) is 3. The van der Waals surface area contributed by atoms with Gasteiger partial charge in [-0.15, -0.1) is 0 Å². The first kappa shape index (κ1) is 19.2. The lowest BCUT2D eigenvalue weighted by molar-refractivity contribution is -0.120. The highest BCUT2D eigenvalue weighted by molar-refractivity contribution is 6.35. The number of hydrogen-bond donors (Lipinski definition) is 2. The van der Waals surface area contributed by atoms with Gasteiger partial charge in [-0.2, -0.15) is 5.10 Å². The van der Waals surface area contributed by atoms with E-state index in [1.54, 1.807) is 16.8 Å².